The van der Waals surface area contributed by atoms with Crippen molar-refractivity contribution in [3.05, 3.63) is 115 Å². The molecule has 0 saturated carbocycles. The molecule has 0 bridgehead atoms. The fourth-order valence-corrected chi connectivity index (χ4v) is 8.22. The van der Waals surface area contributed by atoms with Crippen LogP contribution in [-0.4, -0.2) is 19.9 Å². The molecule has 46 heavy (non-hydrogen) atoms. The van der Waals surface area contributed by atoms with Gasteiger partial charge in [-0.3, -0.25) is 0 Å². The van der Waals surface area contributed by atoms with E-state index in [0.29, 0.717) is 0 Å². The van der Waals surface area contributed by atoms with Crippen molar-refractivity contribution in [1.82, 2.24) is 19.9 Å². The number of benzene rings is 4. The van der Waals surface area contributed by atoms with Gasteiger partial charge in [-0.25, -0.2) is 19.9 Å². The molecule has 0 N–H and O–H groups in total. The van der Waals surface area contributed by atoms with Crippen molar-refractivity contribution in [3.63, 3.8) is 0 Å². The van der Waals surface area contributed by atoms with E-state index in [2.05, 4.69) is 123 Å². The molecule has 0 radical (unpaired) electrons. The Hall–Kier alpha value is -4.52. The van der Waals surface area contributed by atoms with E-state index in [1.165, 1.54) is 22.3 Å². The minimum absolute atomic E-state index is 0.782. The summed E-state index contributed by atoms with van der Waals surface area (Å²) in [5.41, 5.74) is 8.73. The van der Waals surface area contributed by atoms with Gasteiger partial charge in [0.05, 0.1) is 40.9 Å². The first-order valence-corrected chi connectivity index (χ1v) is 18.2. The van der Waals surface area contributed by atoms with Gasteiger partial charge in [0.1, 0.15) is 10.0 Å². The van der Waals surface area contributed by atoms with Crippen molar-refractivity contribution in [1.29, 1.82) is 0 Å². The summed E-state index contributed by atoms with van der Waals surface area (Å²) in [5, 5.41) is 3.53. The molecule has 8 aromatic rings. The molecule has 8 heteroatoms. The van der Waals surface area contributed by atoms with Gasteiger partial charge in [-0.2, -0.15) is 0 Å². The van der Waals surface area contributed by atoms with E-state index in [1.807, 2.05) is 13.8 Å². The number of aromatic nitrogens is 4. The van der Waals surface area contributed by atoms with Crippen LogP contribution in [0.15, 0.2) is 72.8 Å². The minimum Gasteiger partial charge on any atom is -0.237 e. The summed E-state index contributed by atoms with van der Waals surface area (Å²) in [6.45, 7) is 8.19. The summed E-state index contributed by atoms with van der Waals surface area (Å²) in [5.74, 6) is 6.49. The van der Waals surface area contributed by atoms with Crippen molar-refractivity contribution >= 4 is 111 Å². The van der Waals surface area contributed by atoms with Gasteiger partial charge in [-0.1, -0.05) is 85.7 Å². The van der Waals surface area contributed by atoms with Gasteiger partial charge < -0.3 is 0 Å². The Morgan fingerprint density at radius 3 is 1.20 bits per heavy atom. The van der Waals surface area contributed by atoms with Crippen LogP contribution in [0.4, 0.5) is 0 Å². The third kappa shape index (κ3) is 6.55. The van der Waals surface area contributed by atoms with E-state index in [-0.39, 0.29) is 0 Å². The van der Waals surface area contributed by atoms with Crippen LogP contribution in [0.3, 0.4) is 0 Å². The highest BCUT2D eigenvalue weighted by molar-refractivity contribution is 7.21. The zero-order valence-electron chi connectivity index (χ0n) is 25.7. The molecule has 4 aromatic heterocycles. The molecule has 0 aliphatic heterocycles. The molecule has 0 saturated heterocycles. The highest BCUT2D eigenvalue weighted by Gasteiger charge is 2.10. The molecule has 0 amide bonds. The molecule has 8 rings (SSSR count). The number of rotatable bonds is 4. The Labute approximate surface area is 283 Å². The monoisotopic (exact) mass is 668 g/mol. The van der Waals surface area contributed by atoms with E-state index in [9.17, 15) is 0 Å². The summed E-state index contributed by atoms with van der Waals surface area (Å²) in [7, 11) is 0. The maximum absolute atomic E-state index is 4.83. The molecule has 0 aliphatic carbocycles. The average Bonchev–Trinajstić information content (AvgIpc) is 3.85. The normalized spacial score (nSPS) is 11.6. The second kappa shape index (κ2) is 13.1. The third-order valence-electron chi connectivity index (χ3n) is 7.10. The molecular weight excluding hydrogens is 641 g/mol. The van der Waals surface area contributed by atoms with Crippen LogP contribution in [0.5, 0.6) is 0 Å². The highest BCUT2D eigenvalue weighted by Crippen LogP contribution is 2.33. The van der Waals surface area contributed by atoms with Gasteiger partial charge in [0, 0.05) is 0 Å². The van der Waals surface area contributed by atoms with Crippen LogP contribution in [0.2, 0.25) is 0 Å². The summed E-state index contributed by atoms with van der Waals surface area (Å²) >= 11 is 6.53. The van der Waals surface area contributed by atoms with Crippen molar-refractivity contribution in [2.75, 3.05) is 0 Å². The first-order valence-electron chi connectivity index (χ1n) is 14.9. The highest BCUT2D eigenvalue weighted by atomic mass is 32.1. The maximum atomic E-state index is 4.83. The molecule has 0 spiro atoms. The Morgan fingerprint density at radius 1 is 0.457 bits per heavy atom. The predicted molar refractivity (Wildman–Crippen MR) is 203 cm³/mol. The lowest BCUT2D eigenvalue weighted by Crippen LogP contribution is -1.74. The van der Waals surface area contributed by atoms with Crippen LogP contribution in [-0.2, 0) is 0 Å². The summed E-state index contributed by atoms with van der Waals surface area (Å²) in [6, 6.07) is 25.5. The molecule has 4 aromatic carbocycles. The van der Waals surface area contributed by atoms with Crippen molar-refractivity contribution in [2.24, 2.45) is 0 Å². The van der Waals surface area contributed by atoms with E-state index >= 15 is 0 Å². The molecule has 0 atom stereocenters. The zero-order chi connectivity index (χ0) is 31.6. The lowest BCUT2D eigenvalue weighted by Gasteiger charge is -1.93. The first-order chi connectivity index (χ1) is 22.5. The van der Waals surface area contributed by atoms with E-state index in [4.69, 9.17) is 19.9 Å². The Morgan fingerprint density at radius 2 is 0.804 bits per heavy atom. The number of aryl methyl sites for hydroxylation is 2. The molecule has 4 nitrogen and oxygen atoms in total. The van der Waals surface area contributed by atoms with Gasteiger partial charge >= 0.3 is 0 Å². The molecule has 0 aliphatic rings. The lowest BCUT2D eigenvalue weighted by molar-refractivity contribution is 1.44. The largest absolute Gasteiger partial charge is 0.237 e. The van der Waals surface area contributed by atoms with E-state index in [0.717, 1.165) is 60.9 Å². The summed E-state index contributed by atoms with van der Waals surface area (Å²) in [4.78, 5) is 19.3. The van der Waals surface area contributed by atoms with Gasteiger partial charge in [0.15, 0.2) is 10.0 Å². The summed E-state index contributed by atoms with van der Waals surface area (Å²) in [6.07, 6.45) is 8.37. The van der Waals surface area contributed by atoms with Crippen LogP contribution in [0, 0.1) is 25.7 Å². The lowest BCUT2D eigenvalue weighted by atomic mass is 10.1. The van der Waals surface area contributed by atoms with Gasteiger partial charge in [0.25, 0.3) is 0 Å². The molecule has 0 unspecified atom stereocenters. The Bertz CT molecular complexity index is 2190. The number of nitrogens with zero attached hydrogens (tertiary/aromatic N) is 4. The molecular formula is C38H28N4S4. The van der Waals surface area contributed by atoms with Gasteiger partial charge in [-0.05, 0) is 73.2 Å². The minimum atomic E-state index is 0.782. The predicted octanol–water partition coefficient (Wildman–Crippen LogP) is 11.5. The summed E-state index contributed by atoms with van der Waals surface area (Å²) < 4.78 is 4.42. The first kappa shape index (κ1) is 30.2. The van der Waals surface area contributed by atoms with E-state index in [1.54, 1.807) is 45.3 Å². The fourth-order valence-electron chi connectivity index (χ4n) is 4.78. The van der Waals surface area contributed by atoms with Gasteiger partial charge in [-0.15, -0.1) is 45.3 Å². The average molecular weight is 669 g/mol. The molecule has 0 fully saturated rings. The van der Waals surface area contributed by atoms with Crippen LogP contribution < -0.4 is 0 Å². The van der Waals surface area contributed by atoms with Crippen molar-refractivity contribution in [2.45, 2.75) is 27.7 Å². The quantitative estimate of drug-likeness (QED) is 0.175. The Balaban J connectivity index is 0.00000166. The molecule has 4 heterocycles. The van der Waals surface area contributed by atoms with Crippen LogP contribution in [0.1, 0.15) is 56.1 Å². The Kier molecular flexibility index (Phi) is 8.57. The third-order valence-corrected chi connectivity index (χ3v) is 10.9. The second-order valence-electron chi connectivity index (χ2n) is 10.5. The van der Waals surface area contributed by atoms with Crippen molar-refractivity contribution < 1.29 is 0 Å². The number of hydrogen-bond donors (Lipinski definition) is 0. The van der Waals surface area contributed by atoms with Crippen molar-refractivity contribution in [3.8, 4) is 11.8 Å². The van der Waals surface area contributed by atoms with Crippen LogP contribution >= 0.6 is 45.3 Å². The standard InChI is InChI=1S/C36H22N4S4.C2H6/c1-21-3-7-23(8-4-21)11-13-33-37-25-17-31-27(19-29(25)41-33)39-35(43-31)15-16-36-40-28-20-30-26(18-32(28)44-36)38-34(42-30)14-12-24-9-5-22(2)6-10-24;1-2/h3-14,17-20H,1-2H3;1-2H3/b13-11+,14-12+;. The van der Waals surface area contributed by atoms with Gasteiger partial charge in [0.2, 0.25) is 0 Å². The topological polar surface area (TPSA) is 51.6 Å². The maximum Gasteiger partial charge on any atom is 0.168 e. The van der Waals surface area contributed by atoms with E-state index < -0.39 is 0 Å². The number of fused-ring (bicyclic) bond motifs is 4. The molecule has 224 valence electrons. The zero-order valence-corrected chi connectivity index (χ0v) is 28.9. The number of hydrogen-bond acceptors (Lipinski definition) is 8. The van der Waals surface area contributed by atoms with Crippen LogP contribution in [0.25, 0.3) is 65.2 Å². The fraction of sp³-hybridized carbons (Fsp3) is 0.105. The SMILES string of the molecule is CC.Cc1ccc(/C=C/c2nc3cc4sc(C#Cc5nc6cc7sc(/C=C/c8ccc(C)cc8)nc7cc6s5)nc4cc3s2)cc1. The smallest absolute Gasteiger partial charge is 0.168 e. The second-order valence-corrected chi connectivity index (χ2v) is 14.6. The number of thiazole rings is 4.